The molecule has 7 heteroatoms. The lowest BCUT2D eigenvalue weighted by Gasteiger charge is -2.04. The van der Waals surface area contributed by atoms with Crippen molar-refractivity contribution in [3.05, 3.63) is 68.1 Å². The molecule has 0 radical (unpaired) electrons. The number of halogens is 2. The second kappa shape index (κ2) is 6.55. The first-order chi connectivity index (χ1) is 11.5. The monoisotopic (exact) mass is 362 g/mol. The van der Waals surface area contributed by atoms with E-state index in [2.05, 4.69) is 9.97 Å². The topological polar surface area (TPSA) is 75.2 Å². The first-order valence-corrected chi connectivity index (χ1v) is 7.67. The summed E-state index contributed by atoms with van der Waals surface area (Å²) in [5.74, 6) is 0.579. The van der Waals surface area contributed by atoms with E-state index in [1.54, 1.807) is 37.4 Å². The summed E-state index contributed by atoms with van der Waals surface area (Å²) in [6.45, 7) is 0. The van der Waals surface area contributed by atoms with Gasteiger partial charge in [-0.05, 0) is 36.4 Å². The molecule has 1 aromatic heterocycles. The number of fused-ring (bicyclic) bond motifs is 1. The standard InChI is InChI=1S/C17H12Cl2N2O3/c1-24-10-4-2-9(3-5-10)16(22)8-15-17(23)21-14-7-12(19)11(18)6-13(14)20-15/h2-8,22H,1H3,(H,21,23)/b16-8-. The summed E-state index contributed by atoms with van der Waals surface area (Å²) in [5.41, 5.74) is 1.09. The van der Waals surface area contributed by atoms with Crippen LogP contribution in [0.4, 0.5) is 0 Å². The smallest absolute Gasteiger partial charge is 0.274 e. The van der Waals surface area contributed by atoms with E-state index in [0.29, 0.717) is 32.4 Å². The lowest BCUT2D eigenvalue weighted by molar-refractivity contribution is 0.414. The van der Waals surface area contributed by atoms with E-state index in [1.807, 2.05) is 0 Å². The Morgan fingerprint density at radius 1 is 1.21 bits per heavy atom. The average molecular weight is 363 g/mol. The molecule has 0 bridgehead atoms. The summed E-state index contributed by atoms with van der Waals surface area (Å²) < 4.78 is 5.06. The molecule has 0 aliphatic rings. The third kappa shape index (κ3) is 3.22. The van der Waals surface area contributed by atoms with Crippen molar-refractivity contribution in [2.75, 3.05) is 7.11 Å². The number of hydrogen-bond donors (Lipinski definition) is 2. The van der Waals surface area contributed by atoms with Gasteiger partial charge < -0.3 is 14.8 Å². The van der Waals surface area contributed by atoms with E-state index in [0.717, 1.165) is 0 Å². The second-order valence-electron chi connectivity index (χ2n) is 4.99. The Balaban J connectivity index is 2.05. The SMILES string of the molecule is COc1ccc(/C(O)=C/c2nc3cc(Cl)c(Cl)cc3[nH]c2=O)cc1. The number of H-pyrrole nitrogens is 1. The van der Waals surface area contributed by atoms with Crippen molar-refractivity contribution < 1.29 is 9.84 Å². The Hall–Kier alpha value is -2.50. The van der Waals surface area contributed by atoms with Crippen LogP contribution in [-0.4, -0.2) is 22.2 Å². The van der Waals surface area contributed by atoms with Crippen LogP contribution >= 0.6 is 23.2 Å². The molecular weight excluding hydrogens is 351 g/mol. The number of nitrogens with one attached hydrogen (secondary N) is 1. The normalized spacial score (nSPS) is 11.7. The number of nitrogens with zero attached hydrogens (tertiary/aromatic N) is 1. The fourth-order valence-electron chi connectivity index (χ4n) is 2.17. The number of rotatable bonds is 3. The number of methoxy groups -OCH3 is 1. The van der Waals surface area contributed by atoms with Crippen molar-refractivity contribution in [1.82, 2.24) is 9.97 Å². The van der Waals surface area contributed by atoms with Crippen molar-refractivity contribution in [2.24, 2.45) is 0 Å². The van der Waals surface area contributed by atoms with Crippen molar-refractivity contribution in [3.8, 4) is 5.75 Å². The lowest BCUT2D eigenvalue weighted by atomic mass is 10.1. The predicted molar refractivity (Wildman–Crippen MR) is 95.9 cm³/mol. The van der Waals surface area contributed by atoms with Crippen LogP contribution in [0.5, 0.6) is 5.75 Å². The van der Waals surface area contributed by atoms with Crippen LogP contribution in [0.15, 0.2) is 41.2 Å². The first kappa shape index (κ1) is 16.4. The molecule has 0 aliphatic carbocycles. The molecule has 5 nitrogen and oxygen atoms in total. The third-order valence-electron chi connectivity index (χ3n) is 3.42. The average Bonchev–Trinajstić information content (AvgIpc) is 2.57. The molecule has 24 heavy (non-hydrogen) atoms. The van der Waals surface area contributed by atoms with Gasteiger partial charge in [0.1, 0.15) is 17.2 Å². The number of ether oxygens (including phenoxy) is 1. The summed E-state index contributed by atoms with van der Waals surface area (Å²) in [6, 6.07) is 9.85. The van der Waals surface area contributed by atoms with Gasteiger partial charge in [-0.2, -0.15) is 0 Å². The van der Waals surface area contributed by atoms with Crippen LogP contribution < -0.4 is 10.3 Å². The highest BCUT2D eigenvalue weighted by molar-refractivity contribution is 6.42. The minimum Gasteiger partial charge on any atom is -0.507 e. The summed E-state index contributed by atoms with van der Waals surface area (Å²) in [5, 5.41) is 10.9. The minimum atomic E-state index is -0.444. The highest BCUT2D eigenvalue weighted by Gasteiger charge is 2.08. The number of benzene rings is 2. The van der Waals surface area contributed by atoms with E-state index in [1.165, 1.54) is 12.1 Å². The molecule has 0 fully saturated rings. The second-order valence-corrected chi connectivity index (χ2v) is 5.81. The Morgan fingerprint density at radius 3 is 2.54 bits per heavy atom. The van der Waals surface area contributed by atoms with Gasteiger partial charge in [-0.1, -0.05) is 23.2 Å². The van der Waals surface area contributed by atoms with Gasteiger partial charge in [0, 0.05) is 11.6 Å². The molecule has 0 saturated carbocycles. The number of aliphatic hydroxyl groups excluding tert-OH is 1. The van der Waals surface area contributed by atoms with Crippen molar-refractivity contribution in [1.29, 1.82) is 0 Å². The molecule has 3 rings (SSSR count). The molecule has 1 heterocycles. The molecule has 0 saturated heterocycles. The van der Waals surface area contributed by atoms with E-state index in [4.69, 9.17) is 27.9 Å². The van der Waals surface area contributed by atoms with E-state index < -0.39 is 5.56 Å². The summed E-state index contributed by atoms with van der Waals surface area (Å²) >= 11 is 11.9. The highest BCUT2D eigenvalue weighted by atomic mass is 35.5. The zero-order chi connectivity index (χ0) is 17.3. The van der Waals surface area contributed by atoms with Crippen molar-refractivity contribution in [3.63, 3.8) is 0 Å². The maximum atomic E-state index is 12.1. The first-order valence-electron chi connectivity index (χ1n) is 6.92. The number of aromatic amines is 1. The van der Waals surface area contributed by atoms with Crippen LogP contribution in [0.25, 0.3) is 22.9 Å². The molecule has 2 aromatic carbocycles. The quantitative estimate of drug-likeness (QED) is 0.681. The molecule has 122 valence electrons. The maximum Gasteiger partial charge on any atom is 0.274 e. The molecule has 3 aromatic rings. The van der Waals surface area contributed by atoms with Crippen LogP contribution in [0.3, 0.4) is 0 Å². The molecular formula is C17H12Cl2N2O3. The Bertz CT molecular complexity index is 995. The fourth-order valence-corrected chi connectivity index (χ4v) is 2.49. The number of aromatic nitrogens is 2. The molecule has 0 unspecified atom stereocenters. The largest absolute Gasteiger partial charge is 0.507 e. The van der Waals surface area contributed by atoms with Gasteiger partial charge in [0.15, 0.2) is 0 Å². The van der Waals surface area contributed by atoms with Gasteiger partial charge >= 0.3 is 0 Å². The maximum absolute atomic E-state index is 12.1. The van der Waals surface area contributed by atoms with Crippen LogP contribution in [0, 0.1) is 0 Å². The Labute approximate surface area is 147 Å². The zero-order valence-corrected chi connectivity index (χ0v) is 14.0. The predicted octanol–water partition coefficient (Wildman–Crippen LogP) is 4.29. The van der Waals surface area contributed by atoms with E-state index in [9.17, 15) is 9.90 Å². The molecule has 0 amide bonds. The number of hydrogen-bond acceptors (Lipinski definition) is 4. The van der Waals surface area contributed by atoms with Crippen LogP contribution in [0.2, 0.25) is 10.0 Å². The minimum absolute atomic E-state index is 0.0641. The molecule has 0 aliphatic heterocycles. The van der Waals surface area contributed by atoms with Crippen molar-refractivity contribution in [2.45, 2.75) is 0 Å². The van der Waals surface area contributed by atoms with Gasteiger partial charge in [0.25, 0.3) is 5.56 Å². The number of aliphatic hydroxyl groups is 1. The zero-order valence-electron chi connectivity index (χ0n) is 12.5. The van der Waals surface area contributed by atoms with Crippen molar-refractivity contribution >= 4 is 46.1 Å². The van der Waals surface area contributed by atoms with Gasteiger partial charge in [0.2, 0.25) is 0 Å². The van der Waals surface area contributed by atoms with Crippen LogP contribution in [-0.2, 0) is 0 Å². The Morgan fingerprint density at radius 2 is 1.88 bits per heavy atom. The molecule has 0 atom stereocenters. The summed E-state index contributed by atoms with van der Waals surface area (Å²) in [4.78, 5) is 19.0. The fraction of sp³-hybridized carbons (Fsp3) is 0.0588. The molecule has 2 N–H and O–H groups in total. The highest BCUT2D eigenvalue weighted by Crippen LogP contribution is 2.25. The molecule has 0 spiro atoms. The van der Waals surface area contributed by atoms with Gasteiger partial charge in [0.05, 0.1) is 28.2 Å². The van der Waals surface area contributed by atoms with E-state index in [-0.39, 0.29) is 11.5 Å². The van der Waals surface area contributed by atoms with Gasteiger partial charge in [-0.15, -0.1) is 0 Å². The lowest BCUT2D eigenvalue weighted by Crippen LogP contribution is -2.12. The van der Waals surface area contributed by atoms with Gasteiger partial charge in [-0.25, -0.2) is 4.98 Å². The Kier molecular flexibility index (Phi) is 4.46. The van der Waals surface area contributed by atoms with Crippen LogP contribution in [0.1, 0.15) is 11.3 Å². The third-order valence-corrected chi connectivity index (χ3v) is 4.14. The summed E-state index contributed by atoms with van der Waals surface area (Å²) in [6.07, 6.45) is 1.29. The van der Waals surface area contributed by atoms with Gasteiger partial charge in [-0.3, -0.25) is 4.79 Å². The summed E-state index contributed by atoms with van der Waals surface area (Å²) in [7, 11) is 1.56. The van der Waals surface area contributed by atoms with E-state index >= 15 is 0 Å².